The average Bonchev–Trinajstić information content (AvgIpc) is 3.45. The van der Waals surface area contributed by atoms with Crippen molar-refractivity contribution >= 4 is 11.6 Å². The molecule has 0 radical (unpaired) electrons. The van der Waals surface area contributed by atoms with E-state index in [4.69, 9.17) is 9.47 Å². The first-order valence-electron chi connectivity index (χ1n) is 11.1. The molecule has 29 heavy (non-hydrogen) atoms. The second kappa shape index (κ2) is 7.83. The Labute approximate surface area is 172 Å². The first-order chi connectivity index (χ1) is 14.3. The molecule has 0 aliphatic carbocycles. The third-order valence-corrected chi connectivity index (χ3v) is 6.51. The summed E-state index contributed by atoms with van der Waals surface area (Å²) >= 11 is 0. The Morgan fingerprint density at radius 1 is 0.828 bits per heavy atom. The van der Waals surface area contributed by atoms with Gasteiger partial charge in [0.1, 0.15) is 11.9 Å². The van der Waals surface area contributed by atoms with Gasteiger partial charge in [-0.05, 0) is 25.0 Å². The fourth-order valence-electron chi connectivity index (χ4n) is 4.92. The number of carbonyl (C=O) groups excluding carboxylic acids is 1. The Morgan fingerprint density at radius 2 is 1.52 bits per heavy atom. The van der Waals surface area contributed by atoms with Crippen molar-refractivity contribution in [2.45, 2.75) is 63.1 Å². The van der Waals surface area contributed by atoms with Crippen LogP contribution in [0.4, 0.5) is 5.69 Å². The van der Waals surface area contributed by atoms with Crippen LogP contribution in [0.1, 0.15) is 68.6 Å². The Bertz CT molecular complexity index is 895. The first-order valence-corrected chi connectivity index (χ1v) is 11.1. The second-order valence-corrected chi connectivity index (χ2v) is 8.42. The zero-order chi connectivity index (χ0) is 19.7. The Balaban J connectivity index is 1.49. The minimum absolute atomic E-state index is 0.0859. The van der Waals surface area contributed by atoms with E-state index in [-0.39, 0.29) is 12.0 Å². The van der Waals surface area contributed by atoms with Gasteiger partial charge in [0.15, 0.2) is 0 Å². The third-order valence-electron chi connectivity index (χ3n) is 6.51. The Kier molecular flexibility index (Phi) is 5.04. The smallest absolute Gasteiger partial charge is 0.267 e. The van der Waals surface area contributed by atoms with E-state index in [0.717, 1.165) is 42.0 Å². The monoisotopic (exact) mass is 391 g/mol. The van der Waals surface area contributed by atoms with Crippen molar-refractivity contribution in [2.75, 3.05) is 18.1 Å². The molecule has 1 saturated heterocycles. The van der Waals surface area contributed by atoms with E-state index in [2.05, 4.69) is 12.1 Å². The molecule has 1 amide bonds. The fraction of sp³-hybridized carbons (Fsp3) is 0.480. The molecule has 4 nitrogen and oxygen atoms in total. The maximum Gasteiger partial charge on any atom is 0.267 e. The van der Waals surface area contributed by atoms with Crippen LogP contribution in [0.15, 0.2) is 48.5 Å². The fourth-order valence-corrected chi connectivity index (χ4v) is 4.92. The molecule has 3 heterocycles. The van der Waals surface area contributed by atoms with Gasteiger partial charge < -0.3 is 14.4 Å². The highest BCUT2D eigenvalue weighted by Crippen LogP contribution is 2.64. The van der Waals surface area contributed by atoms with Crippen LogP contribution in [0.5, 0.6) is 5.75 Å². The molecule has 0 unspecified atom stereocenters. The third kappa shape index (κ3) is 3.24. The van der Waals surface area contributed by atoms with Crippen LogP contribution in [0.2, 0.25) is 0 Å². The number of amides is 1. The number of anilines is 1. The number of hydrogen-bond donors (Lipinski definition) is 0. The van der Waals surface area contributed by atoms with Gasteiger partial charge in [0.05, 0.1) is 12.3 Å². The molecular formula is C25H29NO3. The molecule has 2 aromatic rings. The van der Waals surface area contributed by atoms with E-state index in [1.165, 1.54) is 38.5 Å². The van der Waals surface area contributed by atoms with Crippen LogP contribution >= 0.6 is 0 Å². The van der Waals surface area contributed by atoms with E-state index in [1.807, 2.05) is 41.3 Å². The minimum Gasteiger partial charge on any atom is -0.493 e. The molecule has 2 aromatic carbocycles. The molecule has 0 saturated carbocycles. The van der Waals surface area contributed by atoms with Crippen molar-refractivity contribution < 1.29 is 14.3 Å². The maximum atomic E-state index is 13.5. The second-order valence-electron chi connectivity index (χ2n) is 8.42. The van der Waals surface area contributed by atoms with Gasteiger partial charge in [0.2, 0.25) is 5.60 Å². The lowest BCUT2D eigenvalue weighted by Gasteiger charge is -2.17. The zero-order valence-electron chi connectivity index (χ0n) is 16.9. The van der Waals surface area contributed by atoms with Gasteiger partial charge >= 0.3 is 0 Å². The highest BCUT2D eigenvalue weighted by molar-refractivity contribution is 6.09. The number of hydrogen-bond acceptors (Lipinski definition) is 3. The summed E-state index contributed by atoms with van der Waals surface area (Å²) in [5.41, 5.74) is 2.14. The first kappa shape index (κ1) is 18.7. The van der Waals surface area contributed by atoms with Crippen molar-refractivity contribution in [3.8, 4) is 5.75 Å². The standard InChI is InChI=1S/C25H29NO3/c27-24-25-20-14-8-9-15-21(20)26(24)17-11-5-3-1-2-4-6-12-18-28-22-16-10-7-13-19(22)23(25)29-25/h7-10,13-16,23H,1-6,11-12,17-18H2/t23-,25-/m0/s1. The van der Waals surface area contributed by atoms with Gasteiger partial charge in [0, 0.05) is 17.7 Å². The van der Waals surface area contributed by atoms with Gasteiger partial charge in [-0.2, -0.15) is 0 Å². The largest absolute Gasteiger partial charge is 0.493 e. The number of fused-ring (bicyclic) bond motifs is 5. The molecule has 1 spiro atoms. The highest BCUT2D eigenvalue weighted by atomic mass is 16.6. The molecule has 5 rings (SSSR count). The molecule has 152 valence electrons. The van der Waals surface area contributed by atoms with Gasteiger partial charge in [0.25, 0.3) is 5.91 Å². The van der Waals surface area contributed by atoms with E-state index in [1.54, 1.807) is 0 Å². The molecular weight excluding hydrogens is 362 g/mol. The quantitative estimate of drug-likeness (QED) is 0.556. The molecule has 4 heteroatoms. The van der Waals surface area contributed by atoms with Gasteiger partial charge in [-0.1, -0.05) is 74.9 Å². The summed E-state index contributed by atoms with van der Waals surface area (Å²) in [6.07, 6.45) is 9.33. The summed E-state index contributed by atoms with van der Waals surface area (Å²) in [5, 5.41) is 0. The van der Waals surface area contributed by atoms with E-state index in [0.29, 0.717) is 6.61 Å². The lowest BCUT2D eigenvalue weighted by atomic mass is 9.92. The van der Waals surface area contributed by atoms with Crippen LogP contribution in [0, 0.1) is 0 Å². The number of carbonyl (C=O) groups is 1. The van der Waals surface area contributed by atoms with Crippen LogP contribution in [0.25, 0.3) is 0 Å². The SMILES string of the molecule is O=C1N2CCCCCCCCCCOc3ccccc3[C@@H]3O[C@]13c1ccccc12. The van der Waals surface area contributed by atoms with Crippen molar-refractivity contribution in [3.05, 3.63) is 59.7 Å². The molecule has 1 fully saturated rings. The minimum atomic E-state index is -0.871. The van der Waals surface area contributed by atoms with Crippen molar-refractivity contribution in [3.63, 3.8) is 0 Å². The molecule has 2 atom stereocenters. The number of ether oxygens (including phenoxy) is 2. The Morgan fingerprint density at radius 3 is 2.38 bits per heavy atom. The van der Waals surface area contributed by atoms with E-state index < -0.39 is 5.60 Å². The lowest BCUT2D eigenvalue weighted by molar-refractivity contribution is -0.123. The number of epoxide rings is 1. The predicted molar refractivity (Wildman–Crippen MR) is 113 cm³/mol. The van der Waals surface area contributed by atoms with Gasteiger partial charge in [-0.15, -0.1) is 0 Å². The number of para-hydroxylation sites is 2. The predicted octanol–water partition coefficient (Wildman–Crippen LogP) is 5.51. The normalized spacial score (nSPS) is 27.2. The summed E-state index contributed by atoms with van der Waals surface area (Å²) in [6, 6.07) is 16.2. The summed E-state index contributed by atoms with van der Waals surface area (Å²) in [6.45, 7) is 1.49. The Hall–Kier alpha value is -2.33. The van der Waals surface area contributed by atoms with Crippen LogP contribution in [0.3, 0.4) is 0 Å². The summed E-state index contributed by atoms with van der Waals surface area (Å²) in [4.78, 5) is 15.5. The number of nitrogens with zero attached hydrogens (tertiary/aromatic N) is 1. The molecule has 3 aliphatic heterocycles. The van der Waals surface area contributed by atoms with Gasteiger partial charge in [-0.25, -0.2) is 0 Å². The lowest BCUT2D eigenvalue weighted by Crippen LogP contribution is -2.34. The summed E-state index contributed by atoms with van der Waals surface area (Å²) < 4.78 is 12.4. The number of rotatable bonds is 0. The topological polar surface area (TPSA) is 42.1 Å². The van der Waals surface area contributed by atoms with Gasteiger partial charge in [-0.3, -0.25) is 4.79 Å². The van der Waals surface area contributed by atoms with Crippen molar-refractivity contribution in [2.24, 2.45) is 0 Å². The van der Waals surface area contributed by atoms with Crippen LogP contribution in [-0.4, -0.2) is 19.1 Å². The molecule has 0 aromatic heterocycles. The molecule has 0 N–H and O–H groups in total. The molecule has 2 bridgehead atoms. The zero-order valence-corrected chi connectivity index (χ0v) is 16.9. The van der Waals surface area contributed by atoms with Crippen molar-refractivity contribution in [1.29, 1.82) is 0 Å². The van der Waals surface area contributed by atoms with Crippen molar-refractivity contribution in [1.82, 2.24) is 0 Å². The van der Waals surface area contributed by atoms with E-state index in [9.17, 15) is 4.79 Å². The molecule has 3 aliphatic rings. The van der Waals surface area contributed by atoms with Crippen LogP contribution in [-0.2, 0) is 15.1 Å². The summed E-state index contributed by atoms with van der Waals surface area (Å²) in [5.74, 6) is 0.935. The van der Waals surface area contributed by atoms with E-state index >= 15 is 0 Å². The van der Waals surface area contributed by atoms with Crippen LogP contribution < -0.4 is 9.64 Å². The maximum absolute atomic E-state index is 13.5. The average molecular weight is 392 g/mol. The number of benzene rings is 2. The summed E-state index contributed by atoms with van der Waals surface area (Å²) in [7, 11) is 0. The highest BCUT2D eigenvalue weighted by Gasteiger charge is 2.70.